The summed E-state index contributed by atoms with van der Waals surface area (Å²) in [6.45, 7) is 7.83. The number of carbonyl (C=O) groups excluding carboxylic acids is 2. The van der Waals surface area contributed by atoms with Crippen molar-refractivity contribution in [2.24, 2.45) is 11.3 Å². The molecule has 0 aromatic heterocycles. The fraction of sp³-hybridized carbons (Fsp3) is 0.875. The van der Waals surface area contributed by atoms with E-state index in [0.717, 1.165) is 25.7 Å². The van der Waals surface area contributed by atoms with Crippen LogP contribution >= 0.6 is 0 Å². The van der Waals surface area contributed by atoms with E-state index < -0.39 is 17.3 Å². The van der Waals surface area contributed by atoms with Crippen LogP contribution < -0.4 is 0 Å². The molecule has 1 saturated carbocycles. The van der Waals surface area contributed by atoms with Crippen LogP contribution in [-0.4, -0.2) is 47.7 Å². The Morgan fingerprint density at radius 1 is 1.29 bits per heavy atom. The van der Waals surface area contributed by atoms with Crippen LogP contribution in [0.3, 0.4) is 0 Å². The van der Waals surface area contributed by atoms with E-state index in [2.05, 4.69) is 0 Å². The van der Waals surface area contributed by atoms with Crippen molar-refractivity contribution in [1.29, 1.82) is 0 Å². The summed E-state index contributed by atoms with van der Waals surface area (Å²) in [4.78, 5) is 26.8. The molecule has 122 valence electrons. The van der Waals surface area contributed by atoms with Crippen LogP contribution in [-0.2, 0) is 14.3 Å². The lowest BCUT2D eigenvalue weighted by atomic mass is 9.79. The zero-order valence-electron chi connectivity index (χ0n) is 13.7. The second-order valence-electron chi connectivity index (χ2n) is 6.74. The molecular formula is C16H29NO4. The first-order chi connectivity index (χ1) is 9.82. The van der Waals surface area contributed by atoms with E-state index in [0.29, 0.717) is 0 Å². The van der Waals surface area contributed by atoms with Crippen molar-refractivity contribution in [3.63, 3.8) is 0 Å². The van der Waals surface area contributed by atoms with Gasteiger partial charge in [-0.3, -0.25) is 9.59 Å². The summed E-state index contributed by atoms with van der Waals surface area (Å²) in [6, 6.07) is 0.143. The maximum Gasteiger partial charge on any atom is 0.319 e. The van der Waals surface area contributed by atoms with Crippen molar-refractivity contribution in [3.05, 3.63) is 0 Å². The van der Waals surface area contributed by atoms with Gasteiger partial charge in [0.15, 0.2) is 0 Å². The van der Waals surface area contributed by atoms with E-state index in [-0.39, 0.29) is 31.7 Å². The Morgan fingerprint density at radius 3 is 2.29 bits per heavy atom. The largest absolute Gasteiger partial charge is 0.465 e. The van der Waals surface area contributed by atoms with E-state index in [1.165, 1.54) is 0 Å². The van der Waals surface area contributed by atoms with Gasteiger partial charge in [0.05, 0.1) is 13.2 Å². The van der Waals surface area contributed by atoms with Crippen LogP contribution in [0.2, 0.25) is 0 Å². The topological polar surface area (TPSA) is 66.8 Å². The van der Waals surface area contributed by atoms with Gasteiger partial charge in [0, 0.05) is 12.6 Å². The highest BCUT2D eigenvalue weighted by molar-refractivity contribution is 5.98. The Hall–Kier alpha value is -1.10. The normalized spacial score (nSPS) is 17.6. The molecule has 5 heteroatoms. The molecule has 0 aromatic rings. The summed E-state index contributed by atoms with van der Waals surface area (Å²) in [5, 5.41) is 9.26. The molecular weight excluding hydrogens is 270 g/mol. The second kappa shape index (κ2) is 7.78. The first kappa shape index (κ1) is 18.0. The molecule has 0 spiro atoms. The van der Waals surface area contributed by atoms with E-state index in [4.69, 9.17) is 4.74 Å². The first-order valence-electron chi connectivity index (χ1n) is 7.90. The van der Waals surface area contributed by atoms with E-state index in [1.54, 1.807) is 11.8 Å². The summed E-state index contributed by atoms with van der Waals surface area (Å²) in [6.07, 6.45) is 4.09. The minimum Gasteiger partial charge on any atom is -0.465 e. The molecule has 0 aromatic carbocycles. The van der Waals surface area contributed by atoms with Crippen LogP contribution in [0.25, 0.3) is 0 Å². The monoisotopic (exact) mass is 299 g/mol. The van der Waals surface area contributed by atoms with Crippen molar-refractivity contribution in [1.82, 2.24) is 4.90 Å². The Labute approximate surface area is 127 Å². The number of nitrogens with zero attached hydrogens (tertiary/aromatic N) is 1. The third kappa shape index (κ3) is 4.70. The minimum atomic E-state index is -0.815. The number of aliphatic hydroxyl groups is 1. The van der Waals surface area contributed by atoms with Gasteiger partial charge in [0.1, 0.15) is 5.92 Å². The van der Waals surface area contributed by atoms with Crippen molar-refractivity contribution >= 4 is 11.9 Å². The molecule has 0 saturated heterocycles. The highest BCUT2D eigenvalue weighted by Crippen LogP contribution is 2.32. The van der Waals surface area contributed by atoms with Crippen LogP contribution in [0, 0.1) is 11.3 Å². The molecule has 1 fully saturated rings. The quantitative estimate of drug-likeness (QED) is 0.601. The molecule has 1 unspecified atom stereocenters. The third-order valence-corrected chi connectivity index (χ3v) is 4.02. The lowest BCUT2D eigenvalue weighted by molar-refractivity contribution is -0.161. The molecule has 1 aliphatic carbocycles. The predicted octanol–water partition coefficient (Wildman–Crippen LogP) is 1.98. The molecule has 21 heavy (non-hydrogen) atoms. The number of ether oxygens (including phenoxy) is 1. The lowest BCUT2D eigenvalue weighted by Gasteiger charge is -2.35. The Bertz CT molecular complexity index is 356. The SMILES string of the molecule is CCOC(=O)C(C(=O)N(CCO)C1CCCC1)C(C)(C)C. The van der Waals surface area contributed by atoms with Gasteiger partial charge in [0.25, 0.3) is 0 Å². The van der Waals surface area contributed by atoms with Gasteiger partial charge in [-0.2, -0.15) is 0 Å². The lowest BCUT2D eigenvalue weighted by Crippen LogP contribution is -2.50. The molecule has 5 nitrogen and oxygen atoms in total. The van der Waals surface area contributed by atoms with Crippen molar-refractivity contribution in [3.8, 4) is 0 Å². The molecule has 0 aliphatic heterocycles. The number of hydrogen-bond donors (Lipinski definition) is 1. The zero-order chi connectivity index (χ0) is 16.0. The highest BCUT2D eigenvalue weighted by atomic mass is 16.5. The summed E-state index contributed by atoms with van der Waals surface area (Å²) in [5.41, 5.74) is -0.504. The number of esters is 1. The maximum absolute atomic E-state index is 12.9. The number of amides is 1. The molecule has 1 rings (SSSR count). The van der Waals surface area contributed by atoms with Gasteiger partial charge in [-0.05, 0) is 25.2 Å². The van der Waals surface area contributed by atoms with Gasteiger partial charge < -0.3 is 14.7 Å². The smallest absolute Gasteiger partial charge is 0.319 e. The minimum absolute atomic E-state index is 0.0814. The Balaban J connectivity index is 2.97. The molecule has 0 bridgehead atoms. The molecule has 0 radical (unpaired) electrons. The van der Waals surface area contributed by atoms with Crippen LogP contribution in [0.15, 0.2) is 0 Å². The molecule has 1 atom stereocenters. The molecule has 1 N–H and O–H groups in total. The standard InChI is InChI=1S/C16H29NO4/c1-5-21-15(20)13(16(2,3)4)14(19)17(10-11-18)12-8-6-7-9-12/h12-13,18H,5-11H2,1-4H3. The molecule has 0 heterocycles. The van der Waals surface area contributed by atoms with Gasteiger partial charge in [-0.25, -0.2) is 0 Å². The number of carbonyl (C=O) groups is 2. The van der Waals surface area contributed by atoms with E-state index >= 15 is 0 Å². The van der Waals surface area contributed by atoms with Gasteiger partial charge in [-0.1, -0.05) is 33.6 Å². The predicted molar refractivity (Wildman–Crippen MR) is 80.6 cm³/mol. The average Bonchev–Trinajstić information content (AvgIpc) is 2.87. The average molecular weight is 299 g/mol. The number of aliphatic hydroxyl groups excluding tert-OH is 1. The fourth-order valence-electron chi connectivity index (χ4n) is 3.01. The Morgan fingerprint density at radius 2 is 1.86 bits per heavy atom. The first-order valence-corrected chi connectivity index (χ1v) is 7.90. The van der Waals surface area contributed by atoms with Crippen LogP contribution in [0.4, 0.5) is 0 Å². The van der Waals surface area contributed by atoms with E-state index in [9.17, 15) is 14.7 Å². The number of hydrogen-bond acceptors (Lipinski definition) is 4. The number of rotatable bonds is 6. The summed E-state index contributed by atoms with van der Waals surface area (Å²) in [7, 11) is 0. The van der Waals surface area contributed by atoms with Crippen LogP contribution in [0.5, 0.6) is 0 Å². The fourth-order valence-corrected chi connectivity index (χ4v) is 3.01. The van der Waals surface area contributed by atoms with Gasteiger partial charge in [0.2, 0.25) is 5.91 Å². The van der Waals surface area contributed by atoms with E-state index in [1.807, 2.05) is 20.8 Å². The highest BCUT2D eigenvalue weighted by Gasteiger charge is 2.42. The summed E-state index contributed by atoms with van der Waals surface area (Å²) in [5.74, 6) is -1.48. The van der Waals surface area contributed by atoms with Gasteiger partial charge in [-0.15, -0.1) is 0 Å². The zero-order valence-corrected chi connectivity index (χ0v) is 13.7. The van der Waals surface area contributed by atoms with Crippen molar-refractivity contribution in [2.45, 2.75) is 59.4 Å². The maximum atomic E-state index is 12.9. The van der Waals surface area contributed by atoms with Crippen molar-refractivity contribution in [2.75, 3.05) is 19.8 Å². The second-order valence-corrected chi connectivity index (χ2v) is 6.74. The van der Waals surface area contributed by atoms with Gasteiger partial charge >= 0.3 is 5.97 Å². The summed E-state index contributed by atoms with van der Waals surface area (Å²) < 4.78 is 5.09. The third-order valence-electron chi connectivity index (χ3n) is 4.02. The van der Waals surface area contributed by atoms with Crippen LogP contribution in [0.1, 0.15) is 53.4 Å². The molecule has 1 aliphatic rings. The van der Waals surface area contributed by atoms with Crippen molar-refractivity contribution < 1.29 is 19.4 Å². The molecule has 1 amide bonds. The Kier molecular flexibility index (Phi) is 6.65. The summed E-state index contributed by atoms with van der Waals surface area (Å²) >= 11 is 0.